The van der Waals surface area contributed by atoms with Crippen LogP contribution in [0, 0.1) is 11.3 Å². The number of rotatable bonds is 4. The maximum atomic E-state index is 9.86. The third kappa shape index (κ3) is 3.39. The highest BCUT2D eigenvalue weighted by Gasteiger charge is 2.44. The van der Waals surface area contributed by atoms with Gasteiger partial charge in [0.15, 0.2) is 12.4 Å². The predicted octanol–water partition coefficient (Wildman–Crippen LogP) is -0.932. The number of aliphatic hydroxyl groups is 4. The first-order valence-electron chi connectivity index (χ1n) is 6.49. The molecule has 0 unspecified atom stereocenters. The maximum absolute atomic E-state index is 9.86. The van der Waals surface area contributed by atoms with Crippen molar-refractivity contribution in [3.63, 3.8) is 0 Å². The van der Waals surface area contributed by atoms with Crippen LogP contribution >= 0.6 is 0 Å². The van der Waals surface area contributed by atoms with E-state index in [1.807, 2.05) is 6.07 Å². The van der Waals surface area contributed by atoms with Crippen LogP contribution < -0.4 is 0 Å². The number of hydrogen-bond acceptors (Lipinski definition) is 7. The fraction of sp³-hybridized carbons (Fsp3) is 0.500. The second-order valence-corrected chi connectivity index (χ2v) is 4.75. The Labute approximate surface area is 121 Å². The molecule has 7 nitrogen and oxygen atoms in total. The number of hydrogen-bond donors (Lipinski definition) is 4. The van der Waals surface area contributed by atoms with Crippen LogP contribution in [0.1, 0.15) is 11.7 Å². The molecule has 1 aliphatic rings. The van der Waals surface area contributed by atoms with E-state index in [1.165, 1.54) is 0 Å². The van der Waals surface area contributed by atoms with Gasteiger partial charge in [-0.3, -0.25) is 0 Å². The summed E-state index contributed by atoms with van der Waals surface area (Å²) in [6, 6.07) is 10.5. The molecule has 1 aromatic carbocycles. The Morgan fingerprint density at radius 1 is 1.14 bits per heavy atom. The van der Waals surface area contributed by atoms with Crippen LogP contribution in [0.15, 0.2) is 30.3 Å². The average Bonchev–Trinajstić information content (AvgIpc) is 2.53. The zero-order valence-corrected chi connectivity index (χ0v) is 11.1. The lowest BCUT2D eigenvalue weighted by Crippen LogP contribution is -2.59. The molecule has 1 aliphatic heterocycles. The molecule has 114 valence electrons. The van der Waals surface area contributed by atoms with E-state index in [9.17, 15) is 15.3 Å². The van der Waals surface area contributed by atoms with Gasteiger partial charge in [-0.25, -0.2) is 0 Å². The number of nitriles is 1. The molecule has 0 spiro atoms. The van der Waals surface area contributed by atoms with Gasteiger partial charge in [-0.05, 0) is 5.56 Å². The molecule has 4 N–H and O–H groups in total. The Balaban J connectivity index is 2.12. The van der Waals surface area contributed by atoms with Gasteiger partial charge in [-0.15, -0.1) is 0 Å². The SMILES string of the molecule is N#C[C@H](O[C@@H]1O[C@@H](CO)[C@H](O)[C@@H](O)[C@H]1O)c1ccccc1. The smallest absolute Gasteiger partial charge is 0.188 e. The predicted molar refractivity (Wildman–Crippen MR) is 69.6 cm³/mol. The van der Waals surface area contributed by atoms with E-state index in [4.69, 9.17) is 19.8 Å². The number of benzene rings is 1. The highest BCUT2D eigenvalue weighted by molar-refractivity contribution is 5.22. The van der Waals surface area contributed by atoms with Crippen molar-refractivity contribution in [2.75, 3.05) is 6.61 Å². The largest absolute Gasteiger partial charge is 0.394 e. The molecule has 0 aromatic heterocycles. The molecule has 7 heteroatoms. The normalized spacial score (nSPS) is 34.1. The van der Waals surface area contributed by atoms with Crippen LogP contribution in [0.4, 0.5) is 0 Å². The number of nitrogens with zero attached hydrogens (tertiary/aromatic N) is 1. The summed E-state index contributed by atoms with van der Waals surface area (Å²) >= 11 is 0. The molecular formula is C14H17NO6. The summed E-state index contributed by atoms with van der Waals surface area (Å²) in [4.78, 5) is 0. The van der Waals surface area contributed by atoms with Gasteiger partial charge in [0.1, 0.15) is 24.4 Å². The van der Waals surface area contributed by atoms with Crippen molar-refractivity contribution in [3.8, 4) is 6.07 Å². The molecule has 0 amide bonds. The third-order valence-corrected chi connectivity index (χ3v) is 3.34. The molecule has 21 heavy (non-hydrogen) atoms. The highest BCUT2D eigenvalue weighted by atomic mass is 16.7. The molecule has 0 saturated carbocycles. The summed E-state index contributed by atoms with van der Waals surface area (Å²) in [5.74, 6) is 0. The van der Waals surface area contributed by atoms with Crippen molar-refractivity contribution in [1.29, 1.82) is 5.26 Å². The van der Waals surface area contributed by atoms with Crippen molar-refractivity contribution in [1.82, 2.24) is 0 Å². The minimum Gasteiger partial charge on any atom is -0.394 e. The molecule has 1 saturated heterocycles. The van der Waals surface area contributed by atoms with Crippen LogP contribution in [0.5, 0.6) is 0 Å². The van der Waals surface area contributed by atoms with Gasteiger partial charge >= 0.3 is 0 Å². The zero-order valence-electron chi connectivity index (χ0n) is 11.1. The van der Waals surface area contributed by atoms with Gasteiger partial charge in [0, 0.05) is 0 Å². The highest BCUT2D eigenvalue weighted by Crippen LogP contribution is 2.27. The zero-order chi connectivity index (χ0) is 15.4. The quantitative estimate of drug-likeness (QED) is 0.565. The van der Waals surface area contributed by atoms with Crippen molar-refractivity contribution in [2.45, 2.75) is 36.8 Å². The van der Waals surface area contributed by atoms with Gasteiger partial charge in [0.25, 0.3) is 0 Å². The molecule has 1 heterocycles. The van der Waals surface area contributed by atoms with E-state index in [1.54, 1.807) is 30.3 Å². The van der Waals surface area contributed by atoms with E-state index in [2.05, 4.69) is 0 Å². The number of ether oxygens (including phenoxy) is 2. The van der Waals surface area contributed by atoms with Crippen molar-refractivity contribution in [2.24, 2.45) is 0 Å². The molecule has 1 aromatic rings. The molecule has 0 bridgehead atoms. The Bertz CT molecular complexity index is 488. The molecular weight excluding hydrogens is 278 g/mol. The molecule has 0 aliphatic carbocycles. The second-order valence-electron chi connectivity index (χ2n) is 4.75. The van der Waals surface area contributed by atoms with E-state index >= 15 is 0 Å². The van der Waals surface area contributed by atoms with Gasteiger partial charge < -0.3 is 29.9 Å². The van der Waals surface area contributed by atoms with Crippen molar-refractivity contribution in [3.05, 3.63) is 35.9 Å². The monoisotopic (exact) mass is 295 g/mol. The number of aliphatic hydroxyl groups excluding tert-OH is 4. The first-order chi connectivity index (χ1) is 10.1. The molecule has 0 radical (unpaired) electrons. The fourth-order valence-electron chi connectivity index (χ4n) is 2.13. The Hall–Kier alpha value is -1.53. The summed E-state index contributed by atoms with van der Waals surface area (Å²) < 4.78 is 10.6. The fourth-order valence-corrected chi connectivity index (χ4v) is 2.13. The van der Waals surface area contributed by atoms with Crippen molar-refractivity contribution < 1.29 is 29.9 Å². The average molecular weight is 295 g/mol. The van der Waals surface area contributed by atoms with E-state index < -0.39 is 43.4 Å². The van der Waals surface area contributed by atoms with Gasteiger partial charge in [-0.1, -0.05) is 30.3 Å². The topological polar surface area (TPSA) is 123 Å². The minimum atomic E-state index is -1.53. The summed E-state index contributed by atoms with van der Waals surface area (Å²) in [6.45, 7) is -0.548. The molecule has 2 rings (SSSR count). The summed E-state index contributed by atoms with van der Waals surface area (Å²) in [7, 11) is 0. The lowest BCUT2D eigenvalue weighted by molar-refractivity contribution is -0.307. The van der Waals surface area contributed by atoms with E-state index in [0.717, 1.165) is 0 Å². The van der Waals surface area contributed by atoms with Crippen LogP contribution in [-0.4, -0.2) is 57.7 Å². The van der Waals surface area contributed by atoms with E-state index in [0.29, 0.717) is 5.56 Å². The van der Waals surface area contributed by atoms with Gasteiger partial charge in [0.05, 0.1) is 12.7 Å². The standard InChI is InChI=1S/C14H17NO6/c15-6-9(8-4-2-1-3-5-8)20-14-13(19)12(18)11(17)10(7-16)21-14/h1-5,9-14,16-19H,7H2/t9-,10-,11-,12+,13+,14+/m0/s1. The lowest BCUT2D eigenvalue weighted by atomic mass is 9.99. The van der Waals surface area contributed by atoms with Crippen molar-refractivity contribution >= 4 is 0 Å². The maximum Gasteiger partial charge on any atom is 0.188 e. The van der Waals surface area contributed by atoms with Crippen LogP contribution in [0.25, 0.3) is 0 Å². The summed E-state index contributed by atoms with van der Waals surface area (Å²) in [6.07, 6.45) is -7.91. The first kappa shape index (κ1) is 15.9. The molecule has 6 atom stereocenters. The Morgan fingerprint density at radius 2 is 1.81 bits per heavy atom. The van der Waals surface area contributed by atoms with Crippen LogP contribution in [-0.2, 0) is 9.47 Å². The van der Waals surface area contributed by atoms with Crippen LogP contribution in [0.3, 0.4) is 0 Å². The Morgan fingerprint density at radius 3 is 2.38 bits per heavy atom. The Kier molecular flexibility index (Phi) is 5.25. The van der Waals surface area contributed by atoms with Crippen LogP contribution in [0.2, 0.25) is 0 Å². The van der Waals surface area contributed by atoms with Gasteiger partial charge in [-0.2, -0.15) is 5.26 Å². The lowest BCUT2D eigenvalue weighted by Gasteiger charge is -2.40. The van der Waals surface area contributed by atoms with Gasteiger partial charge in [0.2, 0.25) is 0 Å². The third-order valence-electron chi connectivity index (χ3n) is 3.34. The minimum absolute atomic E-state index is 0.548. The van der Waals surface area contributed by atoms with E-state index in [-0.39, 0.29) is 0 Å². The summed E-state index contributed by atoms with van der Waals surface area (Å²) in [5, 5.41) is 47.5. The summed E-state index contributed by atoms with van der Waals surface area (Å²) in [5.41, 5.74) is 0.567. The first-order valence-corrected chi connectivity index (χ1v) is 6.49. The molecule has 1 fully saturated rings. The second kappa shape index (κ2) is 6.95.